The largest absolute Gasteiger partial charge is 0.355 e. The lowest BCUT2D eigenvalue weighted by molar-refractivity contribution is 0.150. The molecule has 2 fully saturated rings. The van der Waals surface area contributed by atoms with Crippen LogP contribution in [-0.4, -0.2) is 56.6 Å². The molecule has 2 saturated heterocycles. The fourth-order valence-corrected chi connectivity index (χ4v) is 3.87. The molecule has 0 radical (unpaired) electrons. The average molecular weight is 355 g/mol. The smallest absolute Gasteiger partial charge is 0.322 e. The number of anilines is 2. The summed E-state index contributed by atoms with van der Waals surface area (Å²) in [6.07, 6.45) is 10.8. The summed E-state index contributed by atoms with van der Waals surface area (Å²) in [6.45, 7) is 3.45. The van der Waals surface area contributed by atoms with Crippen molar-refractivity contribution in [2.24, 2.45) is 0 Å². The number of urea groups is 1. The molecule has 138 valence electrons. The number of nitrogens with zero attached hydrogens (tertiary/aromatic N) is 6. The number of rotatable bonds is 4. The molecule has 8 heteroatoms. The fraction of sp³-hybridized carbons (Fsp3) is 0.556. The molecule has 1 atom stereocenters. The SMILES string of the molecule is O=C(Nc1cccnc1N1CCCC1)N1CCCC[C@H]1Cn1ccnn1. The number of hydrogen-bond acceptors (Lipinski definition) is 5. The van der Waals surface area contributed by atoms with Gasteiger partial charge in [-0.3, -0.25) is 4.68 Å². The number of carbonyl (C=O) groups excluding carboxylic acids is 1. The normalized spacial score (nSPS) is 20.4. The van der Waals surface area contributed by atoms with E-state index in [0.29, 0.717) is 6.54 Å². The third-order valence-electron chi connectivity index (χ3n) is 5.19. The van der Waals surface area contributed by atoms with Crippen molar-refractivity contribution in [1.29, 1.82) is 0 Å². The number of likely N-dealkylation sites (tertiary alicyclic amines) is 1. The Hall–Kier alpha value is -2.64. The number of amides is 2. The van der Waals surface area contributed by atoms with Gasteiger partial charge in [-0.1, -0.05) is 5.21 Å². The average Bonchev–Trinajstić information content (AvgIpc) is 3.36. The molecule has 0 unspecified atom stereocenters. The van der Waals surface area contributed by atoms with Gasteiger partial charge >= 0.3 is 6.03 Å². The van der Waals surface area contributed by atoms with Crippen molar-refractivity contribution in [2.75, 3.05) is 29.9 Å². The van der Waals surface area contributed by atoms with Gasteiger partial charge in [0.05, 0.1) is 24.5 Å². The highest BCUT2D eigenvalue weighted by molar-refractivity contribution is 5.92. The highest BCUT2D eigenvalue weighted by Gasteiger charge is 2.28. The number of carbonyl (C=O) groups is 1. The van der Waals surface area contributed by atoms with Crippen LogP contribution in [0, 0.1) is 0 Å². The Kier molecular flexibility index (Phi) is 4.99. The Morgan fingerprint density at radius 3 is 2.81 bits per heavy atom. The van der Waals surface area contributed by atoms with Crippen LogP contribution in [0.15, 0.2) is 30.7 Å². The van der Waals surface area contributed by atoms with E-state index in [1.165, 1.54) is 12.8 Å². The minimum Gasteiger partial charge on any atom is -0.355 e. The third kappa shape index (κ3) is 3.63. The lowest BCUT2D eigenvalue weighted by Crippen LogP contribution is -2.48. The molecule has 2 amide bonds. The van der Waals surface area contributed by atoms with E-state index < -0.39 is 0 Å². The van der Waals surface area contributed by atoms with Gasteiger partial charge in [0.15, 0.2) is 5.82 Å². The van der Waals surface area contributed by atoms with Gasteiger partial charge in [-0.05, 0) is 44.2 Å². The van der Waals surface area contributed by atoms with Crippen LogP contribution < -0.4 is 10.2 Å². The first kappa shape index (κ1) is 16.8. The zero-order valence-electron chi connectivity index (χ0n) is 14.9. The molecule has 1 N–H and O–H groups in total. The maximum absolute atomic E-state index is 13.0. The second kappa shape index (κ2) is 7.72. The van der Waals surface area contributed by atoms with Gasteiger partial charge in [0.2, 0.25) is 0 Å². The Morgan fingerprint density at radius 2 is 2.00 bits per heavy atom. The molecule has 0 aromatic carbocycles. The molecule has 2 aromatic rings. The van der Waals surface area contributed by atoms with Crippen LogP contribution in [0.25, 0.3) is 0 Å². The molecular weight excluding hydrogens is 330 g/mol. The summed E-state index contributed by atoms with van der Waals surface area (Å²) in [5.41, 5.74) is 0.796. The van der Waals surface area contributed by atoms with Crippen LogP contribution in [-0.2, 0) is 6.54 Å². The molecule has 2 aliphatic heterocycles. The Bertz CT molecular complexity index is 727. The summed E-state index contributed by atoms with van der Waals surface area (Å²) in [5, 5.41) is 11.0. The monoisotopic (exact) mass is 355 g/mol. The summed E-state index contributed by atoms with van der Waals surface area (Å²) in [4.78, 5) is 21.7. The molecule has 4 rings (SSSR count). The van der Waals surface area contributed by atoms with Crippen molar-refractivity contribution < 1.29 is 4.79 Å². The summed E-state index contributed by atoms with van der Waals surface area (Å²) < 4.78 is 1.80. The quantitative estimate of drug-likeness (QED) is 0.911. The van der Waals surface area contributed by atoms with E-state index in [9.17, 15) is 4.79 Å². The zero-order chi connectivity index (χ0) is 17.8. The lowest BCUT2D eigenvalue weighted by atomic mass is 10.0. The van der Waals surface area contributed by atoms with Crippen molar-refractivity contribution in [1.82, 2.24) is 24.9 Å². The molecular formula is C18H25N7O. The second-order valence-electron chi connectivity index (χ2n) is 6.97. The molecule has 0 bridgehead atoms. The van der Waals surface area contributed by atoms with Gasteiger partial charge in [-0.15, -0.1) is 5.10 Å². The van der Waals surface area contributed by atoms with Crippen molar-refractivity contribution in [3.05, 3.63) is 30.7 Å². The third-order valence-corrected chi connectivity index (χ3v) is 5.19. The maximum atomic E-state index is 13.0. The molecule has 0 spiro atoms. The Balaban J connectivity index is 1.48. The van der Waals surface area contributed by atoms with Gasteiger partial charge in [0.25, 0.3) is 0 Å². The first-order chi connectivity index (χ1) is 12.8. The number of nitrogens with one attached hydrogen (secondary N) is 1. The second-order valence-corrected chi connectivity index (χ2v) is 6.97. The predicted octanol–water partition coefficient (Wildman–Crippen LogP) is 2.36. The van der Waals surface area contributed by atoms with Crippen molar-refractivity contribution >= 4 is 17.5 Å². The van der Waals surface area contributed by atoms with Gasteiger partial charge in [0, 0.05) is 32.0 Å². The molecule has 26 heavy (non-hydrogen) atoms. The Labute approximate surface area is 153 Å². The Morgan fingerprint density at radius 1 is 1.15 bits per heavy atom. The van der Waals surface area contributed by atoms with Crippen LogP contribution >= 0.6 is 0 Å². The number of pyridine rings is 1. The van der Waals surface area contributed by atoms with Crippen molar-refractivity contribution in [3.63, 3.8) is 0 Å². The molecule has 0 aliphatic carbocycles. The summed E-state index contributed by atoms with van der Waals surface area (Å²) in [6, 6.07) is 3.90. The number of aromatic nitrogens is 4. The van der Waals surface area contributed by atoms with Crippen LogP contribution in [0.4, 0.5) is 16.3 Å². The van der Waals surface area contributed by atoms with Crippen LogP contribution in [0.5, 0.6) is 0 Å². The minimum atomic E-state index is -0.0525. The van der Waals surface area contributed by atoms with E-state index >= 15 is 0 Å². The first-order valence-electron chi connectivity index (χ1n) is 9.43. The topological polar surface area (TPSA) is 79.2 Å². The minimum absolute atomic E-state index is 0.0525. The standard InChI is InChI=1S/C18H25N7O/c26-18(21-16-7-5-8-19-17(16)23-10-3-4-11-23)25-12-2-1-6-15(25)14-24-13-9-20-22-24/h5,7-9,13,15H,1-4,6,10-12,14H2,(H,21,26)/t15-/m0/s1. The highest BCUT2D eigenvalue weighted by Crippen LogP contribution is 2.27. The van der Waals surface area contributed by atoms with E-state index in [4.69, 9.17) is 0 Å². The molecule has 4 heterocycles. The van der Waals surface area contributed by atoms with Gasteiger partial charge in [0.1, 0.15) is 0 Å². The molecule has 8 nitrogen and oxygen atoms in total. The number of hydrogen-bond donors (Lipinski definition) is 1. The van der Waals surface area contributed by atoms with E-state index in [1.807, 2.05) is 23.2 Å². The lowest BCUT2D eigenvalue weighted by Gasteiger charge is -2.35. The van der Waals surface area contributed by atoms with Crippen LogP contribution in [0.1, 0.15) is 32.1 Å². The van der Waals surface area contributed by atoms with Gasteiger partial charge in [-0.2, -0.15) is 0 Å². The zero-order valence-corrected chi connectivity index (χ0v) is 14.9. The van der Waals surface area contributed by atoms with Crippen LogP contribution in [0.3, 0.4) is 0 Å². The highest BCUT2D eigenvalue weighted by atomic mass is 16.2. The fourth-order valence-electron chi connectivity index (χ4n) is 3.87. The van der Waals surface area contributed by atoms with E-state index in [-0.39, 0.29) is 12.1 Å². The molecule has 2 aliphatic rings. The first-order valence-corrected chi connectivity index (χ1v) is 9.43. The van der Waals surface area contributed by atoms with Crippen molar-refractivity contribution in [2.45, 2.75) is 44.7 Å². The van der Waals surface area contributed by atoms with Gasteiger partial charge in [-0.25, -0.2) is 9.78 Å². The predicted molar refractivity (Wildman–Crippen MR) is 99.1 cm³/mol. The van der Waals surface area contributed by atoms with E-state index in [0.717, 1.165) is 50.4 Å². The van der Waals surface area contributed by atoms with E-state index in [1.54, 1.807) is 17.1 Å². The molecule has 0 saturated carbocycles. The van der Waals surface area contributed by atoms with E-state index in [2.05, 4.69) is 25.5 Å². The van der Waals surface area contributed by atoms with Crippen LogP contribution in [0.2, 0.25) is 0 Å². The van der Waals surface area contributed by atoms with Crippen molar-refractivity contribution in [3.8, 4) is 0 Å². The van der Waals surface area contributed by atoms with Gasteiger partial charge < -0.3 is 15.1 Å². The number of piperidine rings is 1. The summed E-state index contributed by atoms with van der Waals surface area (Å²) >= 11 is 0. The maximum Gasteiger partial charge on any atom is 0.322 e. The summed E-state index contributed by atoms with van der Waals surface area (Å²) in [7, 11) is 0. The summed E-state index contributed by atoms with van der Waals surface area (Å²) in [5.74, 6) is 0.878. The molecule has 2 aromatic heterocycles.